The van der Waals surface area contributed by atoms with Crippen molar-refractivity contribution < 1.29 is 17.2 Å². The predicted octanol–water partition coefficient (Wildman–Crippen LogP) is 1.82. The summed E-state index contributed by atoms with van der Waals surface area (Å²) in [6, 6.07) is 10.3. The van der Waals surface area contributed by atoms with Crippen LogP contribution in [0, 0.1) is 6.92 Å². The third-order valence-electron chi connectivity index (χ3n) is 1.21. The molecule has 1 aromatic rings. The zero-order valence-corrected chi connectivity index (χ0v) is 8.99. The zero-order valence-electron chi connectivity index (χ0n) is 8.17. The fourth-order valence-electron chi connectivity index (χ4n) is 0.683. The third kappa shape index (κ3) is 9.18. The number of benzene rings is 1. The van der Waals surface area contributed by atoms with Gasteiger partial charge in [-0.05, 0) is 13.8 Å². The molecule has 0 unspecified atom stereocenters. The molecule has 1 rings (SSSR count). The molecule has 14 heavy (non-hydrogen) atoms. The largest absolute Gasteiger partial charge is 0.397 e. The summed E-state index contributed by atoms with van der Waals surface area (Å²) in [7, 11) is -4.17. The lowest BCUT2D eigenvalue weighted by atomic mass is 10.2. The lowest BCUT2D eigenvalue weighted by Crippen LogP contribution is -2.01. The lowest BCUT2D eigenvalue weighted by molar-refractivity contribution is 0.283. The van der Waals surface area contributed by atoms with Gasteiger partial charge >= 0.3 is 10.4 Å². The SMILES string of the molecule is CCOS(=O)(=O)O.Cc1ccccc1. The molecule has 0 saturated heterocycles. The van der Waals surface area contributed by atoms with E-state index >= 15 is 0 Å². The minimum Gasteiger partial charge on any atom is -0.264 e. The summed E-state index contributed by atoms with van der Waals surface area (Å²) in [5.41, 5.74) is 1.32. The van der Waals surface area contributed by atoms with Gasteiger partial charge in [0.2, 0.25) is 0 Å². The van der Waals surface area contributed by atoms with Gasteiger partial charge in [-0.15, -0.1) is 0 Å². The Morgan fingerprint density at radius 1 is 1.29 bits per heavy atom. The van der Waals surface area contributed by atoms with Crippen molar-refractivity contribution in [2.75, 3.05) is 6.61 Å². The van der Waals surface area contributed by atoms with E-state index in [4.69, 9.17) is 4.55 Å². The third-order valence-corrected chi connectivity index (χ3v) is 1.74. The van der Waals surface area contributed by atoms with Crippen LogP contribution < -0.4 is 0 Å². The maximum absolute atomic E-state index is 9.56. The molecule has 0 radical (unpaired) electrons. The summed E-state index contributed by atoms with van der Waals surface area (Å²) >= 11 is 0. The second-order valence-corrected chi connectivity index (χ2v) is 3.58. The molecule has 0 bridgehead atoms. The first-order valence-electron chi connectivity index (χ1n) is 4.09. The molecule has 0 aliphatic heterocycles. The number of hydrogen-bond acceptors (Lipinski definition) is 3. The van der Waals surface area contributed by atoms with Crippen LogP contribution in [0.4, 0.5) is 0 Å². The van der Waals surface area contributed by atoms with Crippen LogP contribution in [-0.2, 0) is 14.6 Å². The first-order chi connectivity index (χ1) is 6.45. The second kappa shape index (κ2) is 6.53. The summed E-state index contributed by atoms with van der Waals surface area (Å²) in [6.45, 7) is 3.52. The fourth-order valence-corrected chi connectivity index (χ4v) is 0.981. The van der Waals surface area contributed by atoms with Crippen molar-refractivity contribution in [2.24, 2.45) is 0 Å². The summed E-state index contributed by atoms with van der Waals surface area (Å²) in [6.07, 6.45) is 0. The molecule has 0 aliphatic rings. The monoisotopic (exact) mass is 218 g/mol. The molecule has 5 heteroatoms. The van der Waals surface area contributed by atoms with Gasteiger partial charge in [0.15, 0.2) is 0 Å². The van der Waals surface area contributed by atoms with Crippen LogP contribution in [0.3, 0.4) is 0 Å². The average Bonchev–Trinajstić information content (AvgIpc) is 2.04. The van der Waals surface area contributed by atoms with E-state index in [0.717, 1.165) is 0 Å². The van der Waals surface area contributed by atoms with Crippen LogP contribution in [-0.4, -0.2) is 19.6 Å². The van der Waals surface area contributed by atoms with Gasteiger partial charge in [-0.1, -0.05) is 35.9 Å². The van der Waals surface area contributed by atoms with E-state index in [1.165, 1.54) is 12.5 Å². The van der Waals surface area contributed by atoms with E-state index in [-0.39, 0.29) is 6.61 Å². The lowest BCUT2D eigenvalue weighted by Gasteiger charge is -1.88. The molecule has 0 atom stereocenters. The quantitative estimate of drug-likeness (QED) is 0.769. The molecule has 0 amide bonds. The maximum atomic E-state index is 9.56. The summed E-state index contributed by atoms with van der Waals surface area (Å²) < 4.78 is 30.7. The van der Waals surface area contributed by atoms with Crippen LogP contribution in [0.15, 0.2) is 30.3 Å². The standard InChI is InChI=1S/C7H8.C2H6O4S/c1-7-5-3-2-4-6-7;1-2-6-7(3,4)5/h2-6H,1H3;2H2,1H3,(H,3,4,5). The highest BCUT2D eigenvalue weighted by molar-refractivity contribution is 7.80. The predicted molar refractivity (Wildman–Crippen MR) is 54.4 cm³/mol. The molecule has 1 aromatic carbocycles. The van der Waals surface area contributed by atoms with Gasteiger partial charge in [-0.2, -0.15) is 8.42 Å². The maximum Gasteiger partial charge on any atom is 0.397 e. The summed E-state index contributed by atoms with van der Waals surface area (Å²) in [5, 5.41) is 0. The van der Waals surface area contributed by atoms with Crippen LogP contribution in [0.2, 0.25) is 0 Å². The Morgan fingerprint density at radius 2 is 1.79 bits per heavy atom. The Bertz CT molecular complexity index is 331. The van der Waals surface area contributed by atoms with Crippen LogP contribution >= 0.6 is 0 Å². The minimum absolute atomic E-state index is 0.0289. The van der Waals surface area contributed by atoms with E-state index in [0.29, 0.717) is 0 Å². The molecule has 4 nitrogen and oxygen atoms in total. The van der Waals surface area contributed by atoms with Crippen molar-refractivity contribution >= 4 is 10.4 Å². The van der Waals surface area contributed by atoms with Gasteiger partial charge in [-0.3, -0.25) is 4.55 Å². The Morgan fingerprint density at radius 3 is 1.93 bits per heavy atom. The Labute approximate surface area is 84.5 Å². The van der Waals surface area contributed by atoms with E-state index in [1.807, 2.05) is 18.2 Å². The summed E-state index contributed by atoms with van der Waals surface area (Å²) in [4.78, 5) is 0. The van der Waals surface area contributed by atoms with Crippen molar-refractivity contribution in [1.82, 2.24) is 0 Å². The topological polar surface area (TPSA) is 63.6 Å². The van der Waals surface area contributed by atoms with Crippen LogP contribution in [0.1, 0.15) is 12.5 Å². The van der Waals surface area contributed by atoms with Gasteiger partial charge in [0.05, 0.1) is 6.61 Å². The molecule has 0 heterocycles. The highest BCUT2D eigenvalue weighted by Crippen LogP contribution is 1.92. The normalized spacial score (nSPS) is 10.2. The molecule has 80 valence electrons. The first kappa shape index (κ1) is 13.1. The van der Waals surface area contributed by atoms with Gasteiger partial charge in [-0.25, -0.2) is 4.18 Å². The van der Waals surface area contributed by atoms with Crippen molar-refractivity contribution in [3.05, 3.63) is 35.9 Å². The van der Waals surface area contributed by atoms with Gasteiger partial charge < -0.3 is 0 Å². The highest BCUT2D eigenvalue weighted by Gasteiger charge is 1.98. The molecule has 0 spiro atoms. The average molecular weight is 218 g/mol. The molecule has 0 fully saturated rings. The van der Waals surface area contributed by atoms with E-state index in [1.54, 1.807) is 0 Å². The molecular formula is C9H14O4S. The van der Waals surface area contributed by atoms with Crippen LogP contribution in [0.5, 0.6) is 0 Å². The van der Waals surface area contributed by atoms with E-state index in [9.17, 15) is 8.42 Å². The summed E-state index contributed by atoms with van der Waals surface area (Å²) in [5.74, 6) is 0. The zero-order chi connectivity index (χ0) is 11.0. The second-order valence-electron chi connectivity index (χ2n) is 2.49. The number of hydrogen-bond donors (Lipinski definition) is 1. The molecule has 0 aliphatic carbocycles. The van der Waals surface area contributed by atoms with Gasteiger partial charge in [0.25, 0.3) is 0 Å². The molecule has 0 aromatic heterocycles. The molecule has 0 saturated carbocycles. The van der Waals surface area contributed by atoms with Gasteiger partial charge in [0.1, 0.15) is 0 Å². The highest BCUT2D eigenvalue weighted by atomic mass is 32.3. The van der Waals surface area contributed by atoms with Crippen molar-refractivity contribution in [3.63, 3.8) is 0 Å². The van der Waals surface area contributed by atoms with Crippen LogP contribution in [0.25, 0.3) is 0 Å². The minimum atomic E-state index is -4.17. The van der Waals surface area contributed by atoms with Gasteiger partial charge in [0, 0.05) is 0 Å². The Kier molecular flexibility index (Phi) is 6.11. The van der Waals surface area contributed by atoms with Crippen molar-refractivity contribution in [2.45, 2.75) is 13.8 Å². The Hall–Kier alpha value is -0.910. The van der Waals surface area contributed by atoms with Crippen molar-refractivity contribution in [1.29, 1.82) is 0 Å². The first-order valence-corrected chi connectivity index (χ1v) is 5.45. The van der Waals surface area contributed by atoms with E-state index < -0.39 is 10.4 Å². The smallest absolute Gasteiger partial charge is 0.264 e. The fraction of sp³-hybridized carbons (Fsp3) is 0.333. The number of aryl methyl sites for hydroxylation is 1. The molecule has 1 N–H and O–H groups in total. The van der Waals surface area contributed by atoms with Crippen molar-refractivity contribution in [3.8, 4) is 0 Å². The van der Waals surface area contributed by atoms with E-state index in [2.05, 4.69) is 23.2 Å². The molecular weight excluding hydrogens is 204 g/mol. The Balaban J connectivity index is 0.000000241. The number of rotatable bonds is 2.